The highest BCUT2D eigenvalue weighted by Crippen LogP contribution is 2.31. The Morgan fingerprint density at radius 2 is 1.85 bits per heavy atom. The number of nitrogens with zero attached hydrogens (tertiary/aromatic N) is 2. The predicted molar refractivity (Wildman–Crippen MR) is 99.1 cm³/mol. The van der Waals surface area contributed by atoms with Crippen LogP contribution in [0.2, 0.25) is 0 Å². The van der Waals surface area contributed by atoms with Crippen LogP contribution in [0, 0.1) is 6.92 Å². The van der Waals surface area contributed by atoms with E-state index in [4.69, 9.17) is 0 Å². The molecule has 0 unspecified atom stereocenters. The summed E-state index contributed by atoms with van der Waals surface area (Å²) in [6.07, 6.45) is -4.40. The van der Waals surface area contributed by atoms with Gasteiger partial charge in [0.1, 0.15) is 5.82 Å². The van der Waals surface area contributed by atoms with Crippen molar-refractivity contribution < 1.29 is 18.0 Å². The van der Waals surface area contributed by atoms with Gasteiger partial charge in [0.15, 0.2) is 0 Å². The van der Waals surface area contributed by atoms with Gasteiger partial charge in [0.25, 0.3) is 0 Å². The Morgan fingerprint density at radius 1 is 1.11 bits per heavy atom. The fourth-order valence-electron chi connectivity index (χ4n) is 2.44. The van der Waals surface area contributed by atoms with Crippen LogP contribution >= 0.6 is 11.8 Å². The maximum atomic E-state index is 12.8. The molecule has 1 heterocycles. The summed E-state index contributed by atoms with van der Waals surface area (Å²) in [6.45, 7) is 1.81. The second-order valence-electron chi connectivity index (χ2n) is 5.78. The Hall–Kier alpha value is -2.74. The number of amides is 1. The normalized spacial score (nSPS) is 11.4. The number of benzene rings is 2. The molecule has 0 radical (unpaired) electrons. The molecule has 140 valence electrons. The maximum absolute atomic E-state index is 12.8. The molecule has 0 aliphatic carbocycles. The molecular weight excluding hydrogens is 375 g/mol. The molecule has 3 rings (SSSR count). The van der Waals surface area contributed by atoms with Gasteiger partial charge in [-0.05, 0) is 37.3 Å². The van der Waals surface area contributed by atoms with Crippen LogP contribution in [-0.2, 0) is 11.0 Å². The van der Waals surface area contributed by atoms with Gasteiger partial charge in [-0.25, -0.2) is 4.68 Å². The van der Waals surface area contributed by atoms with E-state index in [2.05, 4.69) is 10.4 Å². The number of thioether (sulfide) groups is 1. The van der Waals surface area contributed by atoms with Crippen molar-refractivity contribution in [3.8, 4) is 5.69 Å². The van der Waals surface area contributed by atoms with Crippen molar-refractivity contribution in [2.24, 2.45) is 0 Å². The molecule has 4 nitrogen and oxygen atoms in total. The number of nitrogens with one attached hydrogen (secondary N) is 1. The van der Waals surface area contributed by atoms with Crippen LogP contribution in [0.5, 0.6) is 0 Å². The lowest BCUT2D eigenvalue weighted by Crippen LogP contribution is -2.17. The molecule has 8 heteroatoms. The first kappa shape index (κ1) is 19.0. The van der Waals surface area contributed by atoms with Gasteiger partial charge < -0.3 is 5.32 Å². The third-order valence-electron chi connectivity index (χ3n) is 3.63. The van der Waals surface area contributed by atoms with E-state index in [0.717, 1.165) is 35.3 Å². The molecule has 1 amide bonds. The first-order valence-electron chi connectivity index (χ1n) is 8.05. The van der Waals surface area contributed by atoms with Crippen LogP contribution in [0.25, 0.3) is 5.69 Å². The molecule has 0 spiro atoms. The highest BCUT2D eigenvalue weighted by Gasteiger charge is 2.30. The van der Waals surface area contributed by atoms with E-state index >= 15 is 0 Å². The number of carbonyl (C=O) groups excluding carboxylic acids is 1. The van der Waals surface area contributed by atoms with Gasteiger partial charge in [0.05, 0.1) is 22.7 Å². The fourth-order valence-corrected chi connectivity index (χ4v) is 3.20. The highest BCUT2D eigenvalue weighted by molar-refractivity contribution is 8.00. The summed E-state index contributed by atoms with van der Waals surface area (Å²) in [5.41, 5.74) is 0.803. The van der Waals surface area contributed by atoms with Crippen molar-refractivity contribution >= 4 is 23.5 Å². The summed E-state index contributed by atoms with van der Waals surface area (Å²) in [5.74, 6) is 0.170. The molecule has 0 atom stereocenters. The Balaban J connectivity index is 1.67. The summed E-state index contributed by atoms with van der Waals surface area (Å²) in [4.78, 5) is 12.6. The van der Waals surface area contributed by atoms with Crippen molar-refractivity contribution in [2.45, 2.75) is 18.0 Å². The van der Waals surface area contributed by atoms with Gasteiger partial charge in [-0.15, -0.1) is 11.8 Å². The van der Waals surface area contributed by atoms with E-state index in [-0.39, 0.29) is 11.7 Å². The number of rotatable bonds is 5. The molecule has 1 N–H and O–H groups in total. The van der Waals surface area contributed by atoms with E-state index in [1.165, 1.54) is 6.07 Å². The van der Waals surface area contributed by atoms with Crippen LogP contribution in [0.4, 0.5) is 19.0 Å². The average molecular weight is 391 g/mol. The molecule has 0 aliphatic rings. The Labute approximate surface area is 158 Å². The standard InChI is InChI=1S/C19H16F3N3OS/c1-13-10-17(25(24-13)15-7-3-2-4-8-15)23-18(26)12-27-16-9-5-6-14(11-16)19(20,21)22/h2-11H,12H2,1H3,(H,23,26). The molecule has 2 aromatic carbocycles. The van der Waals surface area contributed by atoms with Crippen LogP contribution in [0.1, 0.15) is 11.3 Å². The van der Waals surface area contributed by atoms with Gasteiger partial charge in [-0.1, -0.05) is 24.3 Å². The molecule has 0 bridgehead atoms. The van der Waals surface area contributed by atoms with Crippen molar-refractivity contribution in [2.75, 3.05) is 11.1 Å². The third kappa shape index (κ3) is 4.91. The Morgan fingerprint density at radius 3 is 2.56 bits per heavy atom. The quantitative estimate of drug-likeness (QED) is 0.628. The number of carbonyl (C=O) groups is 1. The lowest BCUT2D eigenvalue weighted by atomic mass is 10.2. The zero-order valence-electron chi connectivity index (χ0n) is 14.3. The smallest absolute Gasteiger partial charge is 0.310 e. The summed E-state index contributed by atoms with van der Waals surface area (Å²) in [5, 5.41) is 7.12. The number of aromatic nitrogens is 2. The lowest BCUT2D eigenvalue weighted by Gasteiger charge is -2.10. The highest BCUT2D eigenvalue weighted by atomic mass is 32.2. The Kier molecular flexibility index (Phi) is 5.55. The number of halogens is 3. The van der Waals surface area contributed by atoms with Gasteiger partial charge in [0, 0.05) is 11.0 Å². The molecule has 0 saturated carbocycles. The number of anilines is 1. The van der Waals surface area contributed by atoms with Crippen LogP contribution in [0.15, 0.2) is 65.6 Å². The lowest BCUT2D eigenvalue weighted by molar-refractivity contribution is -0.137. The molecule has 0 aliphatic heterocycles. The minimum Gasteiger partial charge on any atom is -0.310 e. The van der Waals surface area contributed by atoms with Crippen molar-refractivity contribution in [3.05, 3.63) is 71.9 Å². The van der Waals surface area contributed by atoms with Crippen LogP contribution < -0.4 is 5.32 Å². The fraction of sp³-hybridized carbons (Fsp3) is 0.158. The van der Waals surface area contributed by atoms with Gasteiger partial charge >= 0.3 is 6.18 Å². The maximum Gasteiger partial charge on any atom is 0.416 e. The average Bonchev–Trinajstić information content (AvgIpc) is 3.00. The monoisotopic (exact) mass is 391 g/mol. The molecular formula is C19H16F3N3OS. The van der Waals surface area contributed by atoms with Gasteiger partial charge in [-0.2, -0.15) is 18.3 Å². The number of alkyl halides is 3. The van der Waals surface area contributed by atoms with Crippen molar-refractivity contribution in [1.29, 1.82) is 0 Å². The van der Waals surface area contributed by atoms with Crippen LogP contribution in [0.3, 0.4) is 0 Å². The molecule has 27 heavy (non-hydrogen) atoms. The first-order valence-corrected chi connectivity index (χ1v) is 9.03. The molecule has 0 fully saturated rings. The predicted octanol–water partition coefficient (Wildman–Crippen LogP) is 4.93. The SMILES string of the molecule is Cc1cc(NC(=O)CSc2cccc(C(F)(F)F)c2)n(-c2ccccc2)n1. The number of aryl methyl sites for hydroxylation is 1. The number of para-hydroxylation sites is 1. The first-order chi connectivity index (χ1) is 12.8. The van der Waals surface area contributed by atoms with Crippen molar-refractivity contribution in [3.63, 3.8) is 0 Å². The third-order valence-corrected chi connectivity index (χ3v) is 4.62. The summed E-state index contributed by atoms with van der Waals surface area (Å²) in [6, 6.07) is 16.0. The van der Waals surface area contributed by atoms with E-state index in [0.29, 0.717) is 10.7 Å². The topological polar surface area (TPSA) is 46.9 Å². The molecule has 0 saturated heterocycles. The van der Waals surface area contributed by atoms with Gasteiger partial charge in [0.2, 0.25) is 5.91 Å². The summed E-state index contributed by atoms with van der Waals surface area (Å²) >= 11 is 1.04. The van der Waals surface area contributed by atoms with E-state index in [1.54, 1.807) is 16.8 Å². The largest absolute Gasteiger partial charge is 0.416 e. The minimum atomic E-state index is -4.40. The number of hydrogen-bond donors (Lipinski definition) is 1. The van der Waals surface area contributed by atoms with E-state index < -0.39 is 11.7 Å². The zero-order chi connectivity index (χ0) is 19.4. The van der Waals surface area contributed by atoms with E-state index in [1.807, 2.05) is 37.3 Å². The second kappa shape index (κ2) is 7.87. The molecule has 3 aromatic rings. The second-order valence-corrected chi connectivity index (χ2v) is 6.83. The Bertz CT molecular complexity index is 939. The zero-order valence-corrected chi connectivity index (χ0v) is 15.1. The summed E-state index contributed by atoms with van der Waals surface area (Å²) in [7, 11) is 0. The van der Waals surface area contributed by atoms with Crippen molar-refractivity contribution in [1.82, 2.24) is 9.78 Å². The minimum absolute atomic E-state index is 0.0136. The van der Waals surface area contributed by atoms with E-state index in [9.17, 15) is 18.0 Å². The summed E-state index contributed by atoms with van der Waals surface area (Å²) < 4.78 is 39.9. The molecule has 1 aromatic heterocycles. The van der Waals surface area contributed by atoms with Gasteiger partial charge in [-0.3, -0.25) is 4.79 Å². The van der Waals surface area contributed by atoms with Crippen LogP contribution in [-0.4, -0.2) is 21.4 Å². The number of hydrogen-bond acceptors (Lipinski definition) is 3.